The minimum absolute atomic E-state index is 0.134. The Morgan fingerprint density at radius 2 is 2.20 bits per heavy atom. The Bertz CT molecular complexity index is 251. The topological polar surface area (TPSA) is 21.8 Å². The van der Waals surface area contributed by atoms with Crippen molar-refractivity contribution in [3.8, 4) is 0 Å². The van der Waals surface area contributed by atoms with Gasteiger partial charge >= 0.3 is 0 Å². The van der Waals surface area contributed by atoms with Crippen molar-refractivity contribution in [1.29, 1.82) is 0 Å². The maximum atomic E-state index is 5.88. The molecule has 2 heteroatoms. The molecule has 0 radical (unpaired) electrons. The van der Waals surface area contributed by atoms with Crippen molar-refractivity contribution >= 4 is 0 Å². The smallest absolute Gasteiger partial charge is 0.0963 e. The first-order chi connectivity index (χ1) is 7.08. The normalized spacial score (nSPS) is 36.3. The van der Waals surface area contributed by atoms with Crippen LogP contribution < -0.4 is 0 Å². The van der Waals surface area contributed by atoms with Gasteiger partial charge in [0.05, 0.1) is 18.3 Å². The van der Waals surface area contributed by atoms with E-state index in [1.54, 1.807) is 0 Å². The van der Waals surface area contributed by atoms with E-state index < -0.39 is 0 Å². The van der Waals surface area contributed by atoms with Crippen LogP contribution in [-0.4, -0.2) is 24.9 Å². The van der Waals surface area contributed by atoms with Crippen LogP contribution in [0.5, 0.6) is 0 Å². The summed E-state index contributed by atoms with van der Waals surface area (Å²) in [5, 5.41) is 0. The van der Waals surface area contributed by atoms with Gasteiger partial charge in [-0.3, -0.25) is 0 Å². The summed E-state index contributed by atoms with van der Waals surface area (Å²) in [4.78, 5) is 0. The van der Waals surface area contributed by atoms with Gasteiger partial charge in [0.25, 0.3) is 0 Å². The quantitative estimate of drug-likeness (QED) is 0.527. The van der Waals surface area contributed by atoms with Crippen LogP contribution in [0.2, 0.25) is 0 Å². The van der Waals surface area contributed by atoms with E-state index >= 15 is 0 Å². The Hall–Kier alpha value is -0.340. The van der Waals surface area contributed by atoms with Gasteiger partial charge in [-0.25, -0.2) is 0 Å². The maximum absolute atomic E-state index is 5.88. The standard InChI is InChI=1S/C13H22O2/c1-4-5-6-12(2,3)11-9-13(10-15-13)7-8-14-11/h5-6,11H,4,7-10H2,1-3H3. The highest BCUT2D eigenvalue weighted by atomic mass is 16.6. The maximum Gasteiger partial charge on any atom is 0.0963 e. The van der Waals surface area contributed by atoms with E-state index in [4.69, 9.17) is 9.47 Å². The molecule has 2 rings (SSSR count). The molecular formula is C13H22O2. The molecule has 2 nitrogen and oxygen atoms in total. The molecule has 2 fully saturated rings. The number of ether oxygens (including phenoxy) is 2. The van der Waals surface area contributed by atoms with Crippen molar-refractivity contribution < 1.29 is 9.47 Å². The molecule has 1 spiro atoms. The first kappa shape index (κ1) is 11.2. The van der Waals surface area contributed by atoms with E-state index in [0.29, 0.717) is 6.10 Å². The molecule has 86 valence electrons. The molecule has 0 amide bonds. The van der Waals surface area contributed by atoms with Crippen LogP contribution in [0.15, 0.2) is 12.2 Å². The highest BCUT2D eigenvalue weighted by Crippen LogP contribution is 2.44. The highest BCUT2D eigenvalue weighted by Gasteiger charge is 2.51. The van der Waals surface area contributed by atoms with E-state index in [0.717, 1.165) is 32.5 Å². The van der Waals surface area contributed by atoms with Gasteiger partial charge in [-0.15, -0.1) is 0 Å². The van der Waals surface area contributed by atoms with Gasteiger partial charge in [0.2, 0.25) is 0 Å². The van der Waals surface area contributed by atoms with Crippen molar-refractivity contribution in [3.05, 3.63) is 12.2 Å². The summed E-state index contributed by atoms with van der Waals surface area (Å²) >= 11 is 0. The fraction of sp³-hybridized carbons (Fsp3) is 0.846. The molecule has 0 saturated carbocycles. The van der Waals surface area contributed by atoms with Crippen molar-refractivity contribution in [3.63, 3.8) is 0 Å². The lowest BCUT2D eigenvalue weighted by atomic mass is 9.79. The van der Waals surface area contributed by atoms with Crippen molar-refractivity contribution in [1.82, 2.24) is 0 Å². The summed E-state index contributed by atoms with van der Waals surface area (Å²) in [6.45, 7) is 8.48. The molecule has 15 heavy (non-hydrogen) atoms. The molecule has 2 saturated heterocycles. The van der Waals surface area contributed by atoms with E-state index in [1.165, 1.54) is 0 Å². The molecule has 0 aromatic carbocycles. The van der Waals surface area contributed by atoms with Gasteiger partial charge in [0.15, 0.2) is 0 Å². The summed E-state index contributed by atoms with van der Waals surface area (Å²) < 4.78 is 11.4. The van der Waals surface area contributed by atoms with Gasteiger partial charge in [0, 0.05) is 24.9 Å². The Balaban J connectivity index is 1.99. The highest BCUT2D eigenvalue weighted by molar-refractivity contribution is 5.05. The second-order valence-electron chi connectivity index (χ2n) is 5.42. The lowest BCUT2D eigenvalue weighted by Crippen LogP contribution is -2.40. The summed E-state index contributed by atoms with van der Waals surface area (Å²) in [5.41, 5.74) is 0.329. The minimum Gasteiger partial charge on any atom is -0.377 e. The third-order valence-corrected chi connectivity index (χ3v) is 3.60. The average molecular weight is 210 g/mol. The van der Waals surface area contributed by atoms with Crippen LogP contribution in [0.1, 0.15) is 40.0 Å². The van der Waals surface area contributed by atoms with Crippen LogP contribution in [0.25, 0.3) is 0 Å². The van der Waals surface area contributed by atoms with Crippen molar-refractivity contribution in [2.24, 2.45) is 5.41 Å². The summed E-state index contributed by atoms with van der Waals surface area (Å²) in [5.74, 6) is 0. The van der Waals surface area contributed by atoms with Crippen molar-refractivity contribution in [2.75, 3.05) is 13.2 Å². The third kappa shape index (κ3) is 2.43. The lowest BCUT2D eigenvalue weighted by molar-refractivity contribution is -0.0643. The Kier molecular flexibility index (Phi) is 2.91. The predicted octanol–water partition coefficient (Wildman–Crippen LogP) is 2.93. The molecule has 2 heterocycles. The zero-order valence-electron chi connectivity index (χ0n) is 10.1. The SMILES string of the molecule is CCC=CC(C)(C)C1CC2(CCO1)CO2. The number of hydrogen-bond donors (Lipinski definition) is 0. The van der Waals surface area contributed by atoms with Gasteiger partial charge in [-0.05, 0) is 6.42 Å². The van der Waals surface area contributed by atoms with E-state index in [-0.39, 0.29) is 11.0 Å². The Morgan fingerprint density at radius 3 is 2.80 bits per heavy atom. The third-order valence-electron chi connectivity index (χ3n) is 3.60. The molecular weight excluding hydrogens is 188 g/mol. The van der Waals surface area contributed by atoms with E-state index in [2.05, 4.69) is 32.9 Å². The molecule has 2 atom stereocenters. The average Bonchev–Trinajstić information content (AvgIpc) is 2.95. The second-order valence-corrected chi connectivity index (χ2v) is 5.42. The van der Waals surface area contributed by atoms with Crippen LogP contribution in [-0.2, 0) is 9.47 Å². The molecule has 0 aromatic heterocycles. The fourth-order valence-corrected chi connectivity index (χ4v) is 2.26. The van der Waals surface area contributed by atoms with Gasteiger partial charge < -0.3 is 9.47 Å². The second kappa shape index (κ2) is 3.91. The van der Waals surface area contributed by atoms with Crippen LogP contribution >= 0.6 is 0 Å². The van der Waals surface area contributed by atoms with Crippen LogP contribution in [0.4, 0.5) is 0 Å². The van der Waals surface area contributed by atoms with Crippen LogP contribution in [0.3, 0.4) is 0 Å². The number of epoxide rings is 1. The summed E-state index contributed by atoms with van der Waals surface area (Å²) in [6, 6.07) is 0. The number of hydrogen-bond acceptors (Lipinski definition) is 2. The summed E-state index contributed by atoms with van der Waals surface area (Å²) in [7, 11) is 0. The molecule has 2 unspecified atom stereocenters. The molecule has 0 aliphatic carbocycles. The Labute approximate surface area is 92.6 Å². The number of rotatable bonds is 3. The minimum atomic E-state index is 0.134. The monoisotopic (exact) mass is 210 g/mol. The lowest BCUT2D eigenvalue weighted by Gasteiger charge is -2.37. The fourth-order valence-electron chi connectivity index (χ4n) is 2.26. The molecule has 0 bridgehead atoms. The summed E-state index contributed by atoms with van der Waals surface area (Å²) in [6.07, 6.45) is 8.08. The predicted molar refractivity (Wildman–Crippen MR) is 60.9 cm³/mol. The van der Waals surface area contributed by atoms with E-state index in [9.17, 15) is 0 Å². The molecule has 0 N–H and O–H groups in total. The van der Waals surface area contributed by atoms with Crippen molar-refractivity contribution in [2.45, 2.75) is 51.7 Å². The van der Waals surface area contributed by atoms with Gasteiger partial charge in [-0.1, -0.05) is 32.9 Å². The molecule has 2 aliphatic rings. The van der Waals surface area contributed by atoms with Crippen LogP contribution in [0, 0.1) is 5.41 Å². The molecule has 2 aliphatic heterocycles. The number of allylic oxidation sites excluding steroid dienone is 1. The zero-order valence-corrected chi connectivity index (χ0v) is 10.1. The largest absolute Gasteiger partial charge is 0.377 e. The Morgan fingerprint density at radius 1 is 1.47 bits per heavy atom. The first-order valence-corrected chi connectivity index (χ1v) is 6.01. The molecule has 0 aromatic rings. The zero-order chi connectivity index (χ0) is 10.9. The first-order valence-electron chi connectivity index (χ1n) is 6.01. The van der Waals surface area contributed by atoms with E-state index in [1.807, 2.05) is 0 Å². The van der Waals surface area contributed by atoms with Gasteiger partial charge in [0.1, 0.15) is 0 Å². The van der Waals surface area contributed by atoms with Gasteiger partial charge in [-0.2, -0.15) is 0 Å².